The number of nitrogens with zero attached hydrogens (tertiary/aromatic N) is 2. The maximum absolute atomic E-state index is 12.0. The third-order valence-corrected chi connectivity index (χ3v) is 3.36. The zero-order valence-corrected chi connectivity index (χ0v) is 10.5. The molecule has 0 aliphatic carbocycles. The standard InChI is InChI=1S/C13H20N4O/c14-11-2-5-17(6-3-11)9-12(18)7-10-8-16-4-1-13(10)15/h1,4,8,11H,2-3,5-7,9,14H2,(H2,15,16). The Balaban J connectivity index is 1.84. The van der Waals surface area contributed by atoms with Crippen LogP contribution < -0.4 is 11.5 Å². The molecule has 5 nitrogen and oxygen atoms in total. The van der Waals surface area contributed by atoms with Gasteiger partial charge in [-0.2, -0.15) is 0 Å². The van der Waals surface area contributed by atoms with Gasteiger partial charge in [-0.25, -0.2) is 0 Å². The van der Waals surface area contributed by atoms with E-state index >= 15 is 0 Å². The average molecular weight is 248 g/mol. The molecule has 18 heavy (non-hydrogen) atoms. The van der Waals surface area contributed by atoms with E-state index in [9.17, 15) is 4.79 Å². The number of carbonyl (C=O) groups is 1. The van der Waals surface area contributed by atoms with Gasteiger partial charge in [0.2, 0.25) is 0 Å². The second kappa shape index (κ2) is 5.93. The molecule has 2 heterocycles. The summed E-state index contributed by atoms with van der Waals surface area (Å²) in [6.07, 6.45) is 5.61. The fourth-order valence-corrected chi connectivity index (χ4v) is 2.21. The third-order valence-electron chi connectivity index (χ3n) is 3.36. The number of carbonyl (C=O) groups excluding carboxylic acids is 1. The number of piperidine rings is 1. The van der Waals surface area contributed by atoms with Gasteiger partial charge in [-0.3, -0.25) is 14.7 Å². The van der Waals surface area contributed by atoms with Crippen molar-refractivity contribution in [2.24, 2.45) is 5.73 Å². The van der Waals surface area contributed by atoms with Crippen LogP contribution in [0.15, 0.2) is 18.5 Å². The maximum atomic E-state index is 12.0. The molecular weight excluding hydrogens is 228 g/mol. The predicted octanol–water partition coefficient (Wildman–Crippen LogP) is 0.198. The first-order chi connectivity index (χ1) is 8.65. The number of nitrogens with two attached hydrogens (primary N) is 2. The van der Waals surface area contributed by atoms with Gasteiger partial charge in [-0.05, 0) is 18.9 Å². The summed E-state index contributed by atoms with van der Waals surface area (Å²) < 4.78 is 0. The van der Waals surface area contributed by atoms with Gasteiger partial charge < -0.3 is 11.5 Å². The molecule has 0 aromatic carbocycles. The molecule has 0 bridgehead atoms. The summed E-state index contributed by atoms with van der Waals surface area (Å²) in [6.45, 7) is 2.31. The number of anilines is 1. The number of hydrogen-bond donors (Lipinski definition) is 2. The second-order valence-electron chi connectivity index (χ2n) is 4.90. The summed E-state index contributed by atoms with van der Waals surface area (Å²) in [5, 5.41) is 0. The summed E-state index contributed by atoms with van der Waals surface area (Å²) in [7, 11) is 0. The van der Waals surface area contributed by atoms with Crippen molar-refractivity contribution >= 4 is 11.5 Å². The molecule has 0 amide bonds. The number of nitrogen functional groups attached to an aromatic ring is 1. The van der Waals surface area contributed by atoms with E-state index < -0.39 is 0 Å². The lowest BCUT2D eigenvalue weighted by molar-refractivity contribution is -0.119. The van der Waals surface area contributed by atoms with Crippen LogP contribution in [0.2, 0.25) is 0 Å². The van der Waals surface area contributed by atoms with Crippen LogP contribution in [-0.2, 0) is 11.2 Å². The highest BCUT2D eigenvalue weighted by molar-refractivity contribution is 5.84. The van der Waals surface area contributed by atoms with E-state index in [1.807, 2.05) is 0 Å². The molecule has 2 rings (SSSR count). The molecule has 1 saturated heterocycles. The molecule has 0 saturated carbocycles. The van der Waals surface area contributed by atoms with Gasteiger partial charge in [0.15, 0.2) is 5.78 Å². The van der Waals surface area contributed by atoms with Crippen LogP contribution in [0, 0.1) is 0 Å². The van der Waals surface area contributed by atoms with E-state index in [-0.39, 0.29) is 5.78 Å². The van der Waals surface area contributed by atoms with Crippen LogP contribution in [-0.4, -0.2) is 41.3 Å². The quantitative estimate of drug-likeness (QED) is 0.795. The van der Waals surface area contributed by atoms with Crippen molar-refractivity contribution < 1.29 is 4.79 Å². The zero-order chi connectivity index (χ0) is 13.0. The van der Waals surface area contributed by atoms with Crippen molar-refractivity contribution in [1.29, 1.82) is 0 Å². The van der Waals surface area contributed by atoms with Gasteiger partial charge in [-0.1, -0.05) is 0 Å². The number of pyridine rings is 1. The Hall–Kier alpha value is -1.46. The van der Waals surface area contributed by atoms with Gasteiger partial charge in [0.05, 0.1) is 6.54 Å². The number of hydrogen-bond acceptors (Lipinski definition) is 5. The molecule has 1 aliphatic heterocycles. The van der Waals surface area contributed by atoms with Crippen molar-refractivity contribution in [3.8, 4) is 0 Å². The Labute approximate surface area is 107 Å². The van der Waals surface area contributed by atoms with Crippen LogP contribution in [0.1, 0.15) is 18.4 Å². The summed E-state index contributed by atoms with van der Waals surface area (Å²) in [5.41, 5.74) is 13.1. The molecule has 1 aliphatic rings. The average Bonchev–Trinajstić information content (AvgIpc) is 2.35. The molecule has 1 aromatic rings. The minimum Gasteiger partial charge on any atom is -0.398 e. The molecule has 98 valence electrons. The van der Waals surface area contributed by atoms with Gasteiger partial charge in [0, 0.05) is 49.2 Å². The molecular formula is C13H20N4O. The van der Waals surface area contributed by atoms with Gasteiger partial charge in [-0.15, -0.1) is 0 Å². The fourth-order valence-electron chi connectivity index (χ4n) is 2.21. The maximum Gasteiger partial charge on any atom is 0.151 e. The smallest absolute Gasteiger partial charge is 0.151 e. The first-order valence-electron chi connectivity index (χ1n) is 6.33. The highest BCUT2D eigenvalue weighted by Gasteiger charge is 2.18. The van der Waals surface area contributed by atoms with Crippen molar-refractivity contribution in [2.45, 2.75) is 25.3 Å². The van der Waals surface area contributed by atoms with Crippen molar-refractivity contribution in [1.82, 2.24) is 9.88 Å². The molecule has 0 atom stereocenters. The topological polar surface area (TPSA) is 85.2 Å². The number of ketones is 1. The van der Waals surface area contributed by atoms with Crippen molar-refractivity contribution in [2.75, 3.05) is 25.4 Å². The third kappa shape index (κ3) is 3.51. The first-order valence-corrected chi connectivity index (χ1v) is 6.33. The summed E-state index contributed by atoms with van der Waals surface area (Å²) in [4.78, 5) is 18.1. The Kier molecular flexibility index (Phi) is 4.28. The van der Waals surface area contributed by atoms with E-state index in [4.69, 9.17) is 11.5 Å². The van der Waals surface area contributed by atoms with Crippen LogP contribution in [0.5, 0.6) is 0 Å². The predicted molar refractivity (Wildman–Crippen MR) is 71.0 cm³/mol. The number of Topliss-reactive ketones (excluding diaryl/α,β-unsaturated/α-hetero) is 1. The van der Waals surface area contributed by atoms with Crippen LogP contribution >= 0.6 is 0 Å². The van der Waals surface area contributed by atoms with Gasteiger partial charge >= 0.3 is 0 Å². The van der Waals surface area contributed by atoms with Gasteiger partial charge in [0.1, 0.15) is 0 Å². The lowest BCUT2D eigenvalue weighted by Crippen LogP contribution is -2.42. The SMILES string of the molecule is Nc1ccncc1CC(=O)CN1CCC(N)CC1. The molecule has 0 radical (unpaired) electrons. The lowest BCUT2D eigenvalue weighted by atomic mass is 10.0. The largest absolute Gasteiger partial charge is 0.398 e. The van der Waals surface area contributed by atoms with E-state index in [2.05, 4.69) is 9.88 Å². The van der Waals surface area contributed by atoms with E-state index in [0.717, 1.165) is 31.5 Å². The number of aromatic nitrogens is 1. The molecule has 4 N–H and O–H groups in total. The Bertz CT molecular complexity index is 413. The Morgan fingerprint density at radius 3 is 2.83 bits per heavy atom. The molecule has 1 aromatic heterocycles. The molecule has 1 fully saturated rings. The second-order valence-corrected chi connectivity index (χ2v) is 4.90. The minimum atomic E-state index is 0.185. The normalized spacial score (nSPS) is 17.8. The van der Waals surface area contributed by atoms with E-state index in [0.29, 0.717) is 24.7 Å². The molecule has 0 spiro atoms. The Morgan fingerprint density at radius 2 is 2.17 bits per heavy atom. The minimum absolute atomic E-state index is 0.185. The van der Waals surface area contributed by atoms with Gasteiger partial charge in [0.25, 0.3) is 0 Å². The van der Waals surface area contributed by atoms with Crippen molar-refractivity contribution in [3.05, 3.63) is 24.0 Å². The first kappa shape index (κ1) is 13.0. The summed E-state index contributed by atoms with van der Waals surface area (Å²) in [6, 6.07) is 2.02. The summed E-state index contributed by atoms with van der Waals surface area (Å²) in [5.74, 6) is 0.185. The van der Waals surface area contributed by atoms with E-state index in [1.165, 1.54) is 0 Å². The number of rotatable bonds is 4. The lowest BCUT2D eigenvalue weighted by Gasteiger charge is -2.29. The molecule has 0 unspecified atom stereocenters. The Morgan fingerprint density at radius 1 is 1.44 bits per heavy atom. The molecule has 5 heteroatoms. The summed E-state index contributed by atoms with van der Waals surface area (Å²) >= 11 is 0. The highest BCUT2D eigenvalue weighted by atomic mass is 16.1. The fraction of sp³-hybridized carbons (Fsp3) is 0.538. The van der Waals surface area contributed by atoms with Crippen LogP contribution in [0.25, 0.3) is 0 Å². The van der Waals surface area contributed by atoms with E-state index in [1.54, 1.807) is 18.5 Å². The zero-order valence-electron chi connectivity index (χ0n) is 10.5. The highest BCUT2D eigenvalue weighted by Crippen LogP contribution is 2.12. The monoisotopic (exact) mass is 248 g/mol. The van der Waals surface area contributed by atoms with Crippen molar-refractivity contribution in [3.63, 3.8) is 0 Å². The number of likely N-dealkylation sites (tertiary alicyclic amines) is 1. The van der Waals surface area contributed by atoms with Crippen LogP contribution in [0.4, 0.5) is 5.69 Å². The van der Waals surface area contributed by atoms with Crippen LogP contribution in [0.3, 0.4) is 0 Å².